The van der Waals surface area contributed by atoms with Gasteiger partial charge >= 0.3 is 6.18 Å². The summed E-state index contributed by atoms with van der Waals surface area (Å²) in [4.78, 5) is 0. The molecular formula is C16H23F3N2. The van der Waals surface area contributed by atoms with Gasteiger partial charge in [-0.1, -0.05) is 31.9 Å². The first kappa shape index (κ1) is 16.3. The van der Waals surface area contributed by atoms with E-state index in [1.165, 1.54) is 12.8 Å². The molecule has 1 saturated carbocycles. The lowest BCUT2D eigenvalue weighted by Crippen LogP contribution is -2.48. The first-order chi connectivity index (χ1) is 9.91. The van der Waals surface area contributed by atoms with Crippen molar-refractivity contribution in [3.8, 4) is 0 Å². The van der Waals surface area contributed by atoms with Crippen LogP contribution in [0.4, 0.5) is 13.2 Å². The third-order valence-corrected chi connectivity index (χ3v) is 4.96. The minimum absolute atomic E-state index is 0.113. The number of rotatable bonds is 5. The van der Waals surface area contributed by atoms with Gasteiger partial charge in [0.1, 0.15) is 0 Å². The van der Waals surface area contributed by atoms with Gasteiger partial charge in [-0.3, -0.25) is 11.3 Å². The average molecular weight is 300 g/mol. The first-order valence-electron chi connectivity index (χ1n) is 7.53. The molecular weight excluding hydrogens is 277 g/mol. The summed E-state index contributed by atoms with van der Waals surface area (Å²) in [7, 11) is 0. The van der Waals surface area contributed by atoms with Crippen molar-refractivity contribution in [1.82, 2.24) is 5.43 Å². The van der Waals surface area contributed by atoms with Gasteiger partial charge in [0.25, 0.3) is 0 Å². The number of alkyl halides is 3. The Kier molecular flexibility index (Phi) is 4.94. The molecule has 0 radical (unpaired) electrons. The number of halogens is 3. The van der Waals surface area contributed by atoms with Crippen molar-refractivity contribution in [2.24, 2.45) is 11.3 Å². The van der Waals surface area contributed by atoms with Crippen molar-refractivity contribution in [3.05, 3.63) is 35.4 Å². The molecule has 0 amide bonds. The van der Waals surface area contributed by atoms with Gasteiger partial charge in [-0.05, 0) is 48.8 Å². The van der Waals surface area contributed by atoms with Gasteiger partial charge in [-0.25, -0.2) is 0 Å². The predicted molar refractivity (Wildman–Crippen MR) is 77.5 cm³/mol. The van der Waals surface area contributed by atoms with E-state index in [4.69, 9.17) is 5.84 Å². The molecule has 1 aromatic carbocycles. The summed E-state index contributed by atoms with van der Waals surface area (Å²) in [5.41, 5.74) is 3.38. The van der Waals surface area contributed by atoms with Crippen molar-refractivity contribution >= 4 is 0 Å². The van der Waals surface area contributed by atoms with Crippen LogP contribution in [-0.4, -0.2) is 6.04 Å². The second-order valence-electron chi connectivity index (χ2n) is 6.04. The molecule has 0 spiro atoms. The van der Waals surface area contributed by atoms with E-state index < -0.39 is 11.7 Å². The van der Waals surface area contributed by atoms with Crippen molar-refractivity contribution < 1.29 is 13.2 Å². The lowest BCUT2D eigenvalue weighted by Gasteiger charge is -2.36. The van der Waals surface area contributed by atoms with Crippen LogP contribution < -0.4 is 11.3 Å². The van der Waals surface area contributed by atoms with Crippen LogP contribution in [0.15, 0.2) is 24.3 Å². The Morgan fingerprint density at radius 2 is 1.76 bits per heavy atom. The van der Waals surface area contributed by atoms with E-state index in [-0.39, 0.29) is 11.5 Å². The largest absolute Gasteiger partial charge is 0.416 e. The maximum absolute atomic E-state index is 12.6. The molecule has 21 heavy (non-hydrogen) atoms. The molecule has 2 rings (SSSR count). The van der Waals surface area contributed by atoms with Crippen LogP contribution in [0.3, 0.4) is 0 Å². The highest BCUT2D eigenvalue weighted by atomic mass is 19.4. The average Bonchev–Trinajstić information content (AvgIpc) is 2.94. The molecule has 2 nitrogen and oxygen atoms in total. The maximum atomic E-state index is 12.6. The molecule has 0 saturated heterocycles. The molecule has 5 heteroatoms. The summed E-state index contributed by atoms with van der Waals surface area (Å²) in [6.45, 7) is 2.17. The van der Waals surface area contributed by atoms with Crippen LogP contribution in [0.2, 0.25) is 0 Å². The van der Waals surface area contributed by atoms with E-state index in [9.17, 15) is 13.2 Å². The van der Waals surface area contributed by atoms with Gasteiger partial charge in [-0.2, -0.15) is 13.2 Å². The minimum atomic E-state index is -4.28. The normalized spacial score (nSPS) is 19.7. The zero-order valence-corrected chi connectivity index (χ0v) is 12.3. The fourth-order valence-corrected chi connectivity index (χ4v) is 3.55. The van der Waals surface area contributed by atoms with E-state index in [1.807, 2.05) is 0 Å². The fraction of sp³-hybridized carbons (Fsp3) is 0.625. The number of nitrogens with two attached hydrogens (primary N) is 1. The van der Waals surface area contributed by atoms with E-state index in [1.54, 1.807) is 12.1 Å². The lowest BCUT2D eigenvalue weighted by molar-refractivity contribution is -0.137. The third-order valence-electron chi connectivity index (χ3n) is 4.96. The molecule has 1 atom stereocenters. The monoisotopic (exact) mass is 300 g/mol. The van der Waals surface area contributed by atoms with Crippen molar-refractivity contribution in [3.63, 3.8) is 0 Å². The van der Waals surface area contributed by atoms with Crippen molar-refractivity contribution in [2.45, 2.75) is 57.7 Å². The summed E-state index contributed by atoms with van der Waals surface area (Å²) >= 11 is 0. The van der Waals surface area contributed by atoms with Gasteiger partial charge in [0, 0.05) is 6.04 Å². The minimum Gasteiger partial charge on any atom is -0.271 e. The molecule has 3 N–H and O–H groups in total. The van der Waals surface area contributed by atoms with Gasteiger partial charge in [0.15, 0.2) is 0 Å². The smallest absolute Gasteiger partial charge is 0.271 e. The number of hydrazine groups is 1. The quantitative estimate of drug-likeness (QED) is 0.636. The zero-order valence-electron chi connectivity index (χ0n) is 12.3. The Hall–Kier alpha value is -1.07. The maximum Gasteiger partial charge on any atom is 0.416 e. The predicted octanol–water partition coefficient (Wildman–Crippen LogP) is 4.05. The summed E-state index contributed by atoms with van der Waals surface area (Å²) < 4.78 is 37.7. The first-order valence-corrected chi connectivity index (χ1v) is 7.53. The number of hydrogen-bond acceptors (Lipinski definition) is 2. The van der Waals surface area contributed by atoms with Crippen LogP contribution in [0, 0.1) is 5.41 Å². The van der Waals surface area contributed by atoms with Crippen LogP contribution in [-0.2, 0) is 12.6 Å². The Labute approximate surface area is 123 Å². The molecule has 1 aliphatic carbocycles. The zero-order chi connectivity index (χ0) is 15.5. The molecule has 0 aliphatic heterocycles. The summed E-state index contributed by atoms with van der Waals surface area (Å²) in [6, 6.07) is 5.53. The highest BCUT2D eigenvalue weighted by Gasteiger charge is 2.39. The molecule has 1 unspecified atom stereocenters. The second kappa shape index (κ2) is 6.36. The van der Waals surface area contributed by atoms with E-state index in [0.717, 1.165) is 37.0 Å². The number of nitrogens with one attached hydrogen (secondary N) is 1. The molecule has 0 aromatic heterocycles. The van der Waals surface area contributed by atoms with Gasteiger partial charge in [0.05, 0.1) is 5.56 Å². The molecule has 1 fully saturated rings. The Morgan fingerprint density at radius 1 is 1.19 bits per heavy atom. The Balaban J connectivity index is 2.12. The lowest BCUT2D eigenvalue weighted by atomic mass is 9.74. The number of benzene rings is 1. The molecule has 0 heterocycles. The molecule has 1 aliphatic rings. The fourth-order valence-electron chi connectivity index (χ4n) is 3.55. The Morgan fingerprint density at radius 3 is 2.19 bits per heavy atom. The van der Waals surface area contributed by atoms with Gasteiger partial charge < -0.3 is 0 Å². The van der Waals surface area contributed by atoms with E-state index >= 15 is 0 Å². The van der Waals surface area contributed by atoms with Crippen LogP contribution in [0.5, 0.6) is 0 Å². The number of hydrogen-bond donors (Lipinski definition) is 2. The summed E-state index contributed by atoms with van der Waals surface area (Å²) in [5.74, 6) is 5.73. The van der Waals surface area contributed by atoms with E-state index in [0.29, 0.717) is 6.42 Å². The van der Waals surface area contributed by atoms with Gasteiger partial charge in [0.2, 0.25) is 0 Å². The molecule has 1 aromatic rings. The molecule has 0 bridgehead atoms. The highest BCUT2D eigenvalue weighted by Crippen LogP contribution is 2.44. The summed E-state index contributed by atoms with van der Waals surface area (Å²) in [6.07, 6.45) is 2.13. The van der Waals surface area contributed by atoms with Crippen molar-refractivity contribution in [1.29, 1.82) is 0 Å². The van der Waals surface area contributed by atoms with Crippen LogP contribution in [0.25, 0.3) is 0 Å². The van der Waals surface area contributed by atoms with Crippen molar-refractivity contribution in [2.75, 3.05) is 0 Å². The topological polar surface area (TPSA) is 38.0 Å². The van der Waals surface area contributed by atoms with Crippen LogP contribution >= 0.6 is 0 Å². The summed E-state index contributed by atoms with van der Waals surface area (Å²) in [5, 5.41) is 0. The molecule has 118 valence electrons. The second-order valence-corrected chi connectivity index (χ2v) is 6.04. The highest BCUT2D eigenvalue weighted by molar-refractivity contribution is 5.25. The standard InChI is InChI=1S/C16H23F3N2/c1-2-15(9-3-4-10-15)14(21-20)11-12-5-7-13(8-6-12)16(17,18)19/h5-8,14,21H,2-4,9-11,20H2,1H3. The van der Waals surface area contributed by atoms with E-state index in [2.05, 4.69) is 12.3 Å². The van der Waals surface area contributed by atoms with Gasteiger partial charge in [-0.15, -0.1) is 0 Å². The SMILES string of the molecule is CCC1(C(Cc2ccc(C(F)(F)F)cc2)NN)CCCC1. The Bertz CT molecular complexity index is 448. The van der Waals surface area contributed by atoms with Crippen LogP contribution in [0.1, 0.15) is 50.2 Å². The third kappa shape index (κ3) is 3.58.